The summed E-state index contributed by atoms with van der Waals surface area (Å²) >= 11 is 3.37. The van der Waals surface area contributed by atoms with E-state index in [4.69, 9.17) is 5.26 Å². The Bertz CT molecular complexity index is 645. The minimum Gasteiger partial charge on any atom is -0.385 e. The second-order valence-corrected chi connectivity index (χ2v) is 5.34. The molecule has 2 N–H and O–H groups in total. The molecule has 0 aliphatic heterocycles. The van der Waals surface area contributed by atoms with E-state index in [1.807, 2.05) is 30.3 Å². The molecule has 0 heterocycles. The molecule has 0 spiro atoms. The van der Waals surface area contributed by atoms with E-state index in [0.717, 1.165) is 10.2 Å². The molecule has 2 aromatic rings. The van der Waals surface area contributed by atoms with Crippen molar-refractivity contribution < 1.29 is 4.79 Å². The lowest BCUT2D eigenvalue weighted by Crippen LogP contribution is -2.16. The van der Waals surface area contributed by atoms with E-state index in [9.17, 15) is 4.79 Å². The summed E-state index contributed by atoms with van der Waals surface area (Å²) in [6.45, 7) is 0.559. The Labute approximate surface area is 131 Å². The van der Waals surface area contributed by atoms with E-state index in [-0.39, 0.29) is 5.91 Å². The Morgan fingerprint density at radius 3 is 2.29 bits per heavy atom. The zero-order valence-electron chi connectivity index (χ0n) is 11.3. The van der Waals surface area contributed by atoms with Crippen LogP contribution in [0.25, 0.3) is 0 Å². The van der Waals surface area contributed by atoms with Gasteiger partial charge in [0.15, 0.2) is 0 Å². The van der Waals surface area contributed by atoms with Gasteiger partial charge in [-0.25, -0.2) is 0 Å². The summed E-state index contributed by atoms with van der Waals surface area (Å²) < 4.78 is 1.02. The molecule has 0 saturated heterocycles. The average Bonchev–Trinajstić information content (AvgIpc) is 2.50. The van der Waals surface area contributed by atoms with Crippen molar-refractivity contribution in [2.24, 2.45) is 0 Å². The minimum absolute atomic E-state index is 0.0654. The van der Waals surface area contributed by atoms with E-state index in [0.29, 0.717) is 24.2 Å². The molecule has 4 nitrogen and oxygen atoms in total. The smallest absolute Gasteiger partial charge is 0.226 e. The van der Waals surface area contributed by atoms with Crippen LogP contribution in [0.2, 0.25) is 0 Å². The molecule has 0 unspecified atom stereocenters. The van der Waals surface area contributed by atoms with Crippen molar-refractivity contribution in [2.75, 3.05) is 17.2 Å². The zero-order valence-corrected chi connectivity index (χ0v) is 12.9. The van der Waals surface area contributed by atoms with Crippen molar-refractivity contribution in [3.63, 3.8) is 0 Å². The lowest BCUT2D eigenvalue weighted by Gasteiger charge is -2.07. The number of anilines is 2. The van der Waals surface area contributed by atoms with Gasteiger partial charge in [0.25, 0.3) is 0 Å². The molecule has 0 bridgehead atoms. The first-order valence-electron chi connectivity index (χ1n) is 6.47. The van der Waals surface area contributed by atoms with Gasteiger partial charge in [0, 0.05) is 28.8 Å². The molecule has 2 rings (SSSR count). The van der Waals surface area contributed by atoms with Crippen LogP contribution in [-0.4, -0.2) is 12.5 Å². The quantitative estimate of drug-likeness (QED) is 0.868. The first kappa shape index (κ1) is 15.1. The molecule has 2 aromatic carbocycles. The predicted octanol–water partition coefficient (Wildman–Crippen LogP) is 3.76. The number of amides is 1. The van der Waals surface area contributed by atoms with E-state index >= 15 is 0 Å². The van der Waals surface area contributed by atoms with Gasteiger partial charge in [0.1, 0.15) is 0 Å². The fraction of sp³-hybridized carbons (Fsp3) is 0.125. The number of benzene rings is 2. The molecule has 21 heavy (non-hydrogen) atoms. The SMILES string of the molecule is N#Cc1ccc(NC(=O)CCNc2ccc(Br)cc2)cc1. The van der Waals surface area contributed by atoms with Gasteiger partial charge in [-0.2, -0.15) is 5.26 Å². The van der Waals surface area contributed by atoms with Crippen LogP contribution < -0.4 is 10.6 Å². The summed E-state index contributed by atoms with van der Waals surface area (Å²) in [6.07, 6.45) is 0.371. The van der Waals surface area contributed by atoms with Gasteiger partial charge in [0.05, 0.1) is 11.6 Å². The number of carbonyl (C=O) groups is 1. The largest absolute Gasteiger partial charge is 0.385 e. The highest BCUT2D eigenvalue weighted by Crippen LogP contribution is 2.14. The predicted molar refractivity (Wildman–Crippen MR) is 87.0 cm³/mol. The van der Waals surface area contributed by atoms with Gasteiger partial charge in [-0.3, -0.25) is 4.79 Å². The molecule has 0 aliphatic carbocycles. The first-order valence-corrected chi connectivity index (χ1v) is 7.26. The number of hydrogen-bond donors (Lipinski definition) is 2. The summed E-state index contributed by atoms with van der Waals surface area (Å²) in [6, 6.07) is 16.6. The monoisotopic (exact) mass is 343 g/mol. The van der Waals surface area contributed by atoms with Crippen LogP contribution in [0.15, 0.2) is 53.0 Å². The van der Waals surface area contributed by atoms with Crippen LogP contribution in [0.1, 0.15) is 12.0 Å². The fourth-order valence-corrected chi connectivity index (χ4v) is 2.00. The van der Waals surface area contributed by atoms with E-state index < -0.39 is 0 Å². The van der Waals surface area contributed by atoms with Gasteiger partial charge in [-0.1, -0.05) is 15.9 Å². The summed E-state index contributed by atoms with van der Waals surface area (Å²) in [5.41, 5.74) is 2.25. The van der Waals surface area contributed by atoms with Gasteiger partial charge >= 0.3 is 0 Å². The summed E-state index contributed by atoms with van der Waals surface area (Å²) in [7, 11) is 0. The standard InChI is InChI=1S/C16H14BrN3O/c17-13-3-7-14(8-4-13)19-10-9-16(21)20-15-5-1-12(11-18)2-6-15/h1-8,19H,9-10H2,(H,20,21). The first-order chi connectivity index (χ1) is 10.2. The van der Waals surface area contributed by atoms with Crippen LogP contribution in [-0.2, 0) is 4.79 Å². The third-order valence-corrected chi connectivity index (χ3v) is 3.35. The highest BCUT2D eigenvalue weighted by molar-refractivity contribution is 9.10. The second-order valence-electron chi connectivity index (χ2n) is 4.42. The van der Waals surface area contributed by atoms with Crippen molar-refractivity contribution in [3.8, 4) is 6.07 Å². The molecular formula is C16H14BrN3O. The summed E-state index contributed by atoms with van der Waals surface area (Å²) in [4.78, 5) is 11.8. The van der Waals surface area contributed by atoms with Crippen molar-refractivity contribution >= 4 is 33.2 Å². The number of halogens is 1. The number of nitriles is 1. The average molecular weight is 344 g/mol. The van der Waals surface area contributed by atoms with Gasteiger partial charge < -0.3 is 10.6 Å². The van der Waals surface area contributed by atoms with E-state index in [1.165, 1.54) is 0 Å². The number of nitrogens with one attached hydrogen (secondary N) is 2. The number of nitrogens with zero attached hydrogens (tertiary/aromatic N) is 1. The lowest BCUT2D eigenvalue weighted by atomic mass is 10.2. The van der Waals surface area contributed by atoms with Crippen LogP contribution in [0.3, 0.4) is 0 Å². The molecule has 106 valence electrons. The van der Waals surface area contributed by atoms with E-state index in [2.05, 4.69) is 26.6 Å². The number of hydrogen-bond acceptors (Lipinski definition) is 3. The molecule has 5 heteroatoms. The van der Waals surface area contributed by atoms with Crippen LogP contribution in [0.4, 0.5) is 11.4 Å². The fourth-order valence-electron chi connectivity index (χ4n) is 1.74. The van der Waals surface area contributed by atoms with Gasteiger partial charge in [-0.15, -0.1) is 0 Å². The molecule has 0 radical (unpaired) electrons. The normalized spacial score (nSPS) is 9.71. The van der Waals surface area contributed by atoms with Crippen molar-refractivity contribution in [2.45, 2.75) is 6.42 Å². The Balaban J connectivity index is 1.76. The third kappa shape index (κ3) is 4.93. The maximum atomic E-state index is 11.8. The molecule has 0 saturated carbocycles. The van der Waals surface area contributed by atoms with Crippen LogP contribution in [0, 0.1) is 11.3 Å². The van der Waals surface area contributed by atoms with Crippen molar-refractivity contribution in [3.05, 3.63) is 58.6 Å². The third-order valence-electron chi connectivity index (χ3n) is 2.82. The van der Waals surface area contributed by atoms with Crippen molar-refractivity contribution in [1.82, 2.24) is 0 Å². The van der Waals surface area contributed by atoms with E-state index in [1.54, 1.807) is 24.3 Å². The molecule has 0 aromatic heterocycles. The molecule has 0 aliphatic rings. The lowest BCUT2D eigenvalue weighted by molar-refractivity contribution is -0.115. The summed E-state index contributed by atoms with van der Waals surface area (Å²) in [5.74, 6) is -0.0654. The Morgan fingerprint density at radius 1 is 1.05 bits per heavy atom. The maximum absolute atomic E-state index is 11.8. The highest BCUT2D eigenvalue weighted by atomic mass is 79.9. The highest BCUT2D eigenvalue weighted by Gasteiger charge is 2.02. The Hall–Kier alpha value is -2.32. The van der Waals surface area contributed by atoms with Crippen molar-refractivity contribution in [1.29, 1.82) is 5.26 Å². The molecule has 0 atom stereocenters. The molecular weight excluding hydrogens is 330 g/mol. The Kier molecular flexibility index (Phi) is 5.35. The second kappa shape index (κ2) is 7.46. The minimum atomic E-state index is -0.0654. The zero-order chi connectivity index (χ0) is 15.1. The molecule has 1 amide bonds. The maximum Gasteiger partial charge on any atom is 0.226 e. The van der Waals surface area contributed by atoms with Gasteiger partial charge in [-0.05, 0) is 48.5 Å². The molecule has 0 fully saturated rings. The number of rotatable bonds is 5. The van der Waals surface area contributed by atoms with Crippen LogP contribution in [0.5, 0.6) is 0 Å². The number of carbonyl (C=O) groups excluding carboxylic acids is 1. The van der Waals surface area contributed by atoms with Crippen LogP contribution >= 0.6 is 15.9 Å². The summed E-state index contributed by atoms with van der Waals surface area (Å²) in [5, 5.41) is 14.7. The topological polar surface area (TPSA) is 64.9 Å². The Morgan fingerprint density at radius 2 is 1.67 bits per heavy atom. The van der Waals surface area contributed by atoms with Gasteiger partial charge in [0.2, 0.25) is 5.91 Å².